The molecule has 1 atom stereocenters. The number of ether oxygens (including phenoxy) is 3. The predicted octanol–water partition coefficient (Wildman–Crippen LogP) is 19.1. The molecule has 0 aromatic heterocycles. The molecular formula is C63H104O6. The van der Waals surface area contributed by atoms with Gasteiger partial charge in [-0.2, -0.15) is 0 Å². The van der Waals surface area contributed by atoms with E-state index in [1.54, 1.807) is 0 Å². The van der Waals surface area contributed by atoms with Crippen molar-refractivity contribution in [1.29, 1.82) is 0 Å². The molecule has 6 nitrogen and oxygen atoms in total. The van der Waals surface area contributed by atoms with Gasteiger partial charge in [0.05, 0.1) is 0 Å². The van der Waals surface area contributed by atoms with Crippen LogP contribution in [0.5, 0.6) is 0 Å². The molecule has 0 bridgehead atoms. The summed E-state index contributed by atoms with van der Waals surface area (Å²) in [5, 5.41) is 0. The molecule has 0 unspecified atom stereocenters. The molecule has 0 spiro atoms. The summed E-state index contributed by atoms with van der Waals surface area (Å²) in [5.41, 5.74) is 0. The highest BCUT2D eigenvalue weighted by molar-refractivity contribution is 5.71. The number of hydrogen-bond acceptors (Lipinski definition) is 6. The lowest BCUT2D eigenvalue weighted by molar-refractivity contribution is -0.167. The summed E-state index contributed by atoms with van der Waals surface area (Å²) in [6.07, 6.45) is 76.5. The van der Waals surface area contributed by atoms with Crippen LogP contribution in [0.3, 0.4) is 0 Å². The van der Waals surface area contributed by atoms with E-state index in [0.29, 0.717) is 19.3 Å². The second-order valence-corrected chi connectivity index (χ2v) is 18.5. The minimum Gasteiger partial charge on any atom is -0.462 e. The van der Waals surface area contributed by atoms with Crippen LogP contribution in [0.2, 0.25) is 0 Å². The van der Waals surface area contributed by atoms with E-state index in [4.69, 9.17) is 14.2 Å². The monoisotopic (exact) mass is 957 g/mol. The highest BCUT2D eigenvalue weighted by atomic mass is 16.6. The molecule has 0 saturated heterocycles. The molecule has 6 heteroatoms. The average molecular weight is 958 g/mol. The van der Waals surface area contributed by atoms with Crippen molar-refractivity contribution in [2.45, 2.75) is 258 Å². The lowest BCUT2D eigenvalue weighted by atomic mass is 10.0. The molecule has 69 heavy (non-hydrogen) atoms. The molecule has 0 rings (SSSR count). The fraction of sp³-hybridized carbons (Fsp3) is 0.667. The third-order valence-electron chi connectivity index (χ3n) is 11.8. The summed E-state index contributed by atoms with van der Waals surface area (Å²) in [5.74, 6) is -0.997. The molecule has 0 saturated carbocycles. The van der Waals surface area contributed by atoms with Gasteiger partial charge < -0.3 is 14.2 Å². The molecule has 0 radical (unpaired) electrons. The van der Waals surface area contributed by atoms with Crippen LogP contribution in [0.4, 0.5) is 0 Å². The Hall–Kier alpha value is -3.93. The Morgan fingerprint density at radius 1 is 0.304 bits per heavy atom. The highest BCUT2D eigenvalue weighted by Crippen LogP contribution is 2.15. The molecule has 0 N–H and O–H groups in total. The van der Waals surface area contributed by atoms with Crippen molar-refractivity contribution in [3.05, 3.63) is 109 Å². The summed E-state index contributed by atoms with van der Waals surface area (Å²) in [6, 6.07) is 0. The van der Waals surface area contributed by atoms with Crippen molar-refractivity contribution < 1.29 is 28.6 Å². The highest BCUT2D eigenvalue weighted by Gasteiger charge is 2.19. The summed E-state index contributed by atoms with van der Waals surface area (Å²) >= 11 is 0. The van der Waals surface area contributed by atoms with Crippen LogP contribution in [-0.4, -0.2) is 37.2 Å². The maximum Gasteiger partial charge on any atom is 0.306 e. The molecule has 0 aromatic carbocycles. The second kappa shape index (κ2) is 56.7. The first kappa shape index (κ1) is 65.1. The topological polar surface area (TPSA) is 78.9 Å². The van der Waals surface area contributed by atoms with Gasteiger partial charge in [-0.3, -0.25) is 14.4 Å². The van der Waals surface area contributed by atoms with E-state index >= 15 is 0 Å². The van der Waals surface area contributed by atoms with Crippen LogP contribution >= 0.6 is 0 Å². The number of esters is 3. The summed E-state index contributed by atoms with van der Waals surface area (Å²) < 4.78 is 16.8. The number of unbranched alkanes of at least 4 members (excludes halogenated alkanes) is 21. The van der Waals surface area contributed by atoms with E-state index < -0.39 is 6.10 Å². The van der Waals surface area contributed by atoms with Gasteiger partial charge in [0.25, 0.3) is 0 Å². The van der Waals surface area contributed by atoms with E-state index in [2.05, 4.69) is 130 Å². The molecule has 0 amide bonds. The first-order valence-corrected chi connectivity index (χ1v) is 28.4. The Morgan fingerprint density at radius 3 is 0.971 bits per heavy atom. The Bertz CT molecular complexity index is 1420. The Labute approximate surface area is 425 Å². The maximum absolute atomic E-state index is 12.8. The molecule has 392 valence electrons. The van der Waals surface area contributed by atoms with Crippen molar-refractivity contribution in [2.75, 3.05) is 13.2 Å². The molecular weight excluding hydrogens is 853 g/mol. The third kappa shape index (κ3) is 54.9. The van der Waals surface area contributed by atoms with Gasteiger partial charge in [-0.25, -0.2) is 0 Å². The smallest absolute Gasteiger partial charge is 0.306 e. The quantitative estimate of drug-likeness (QED) is 0.0262. The largest absolute Gasteiger partial charge is 0.462 e. The number of hydrogen-bond donors (Lipinski definition) is 0. The van der Waals surface area contributed by atoms with Gasteiger partial charge in [0.15, 0.2) is 6.10 Å². The summed E-state index contributed by atoms with van der Waals surface area (Å²) in [4.78, 5) is 38.1. The number of rotatable bonds is 50. The van der Waals surface area contributed by atoms with Gasteiger partial charge in [-0.15, -0.1) is 0 Å². The summed E-state index contributed by atoms with van der Waals surface area (Å²) in [6.45, 7) is 6.43. The number of allylic oxidation sites excluding steroid dienone is 18. The van der Waals surface area contributed by atoms with Crippen molar-refractivity contribution in [2.24, 2.45) is 0 Å². The van der Waals surface area contributed by atoms with Crippen molar-refractivity contribution >= 4 is 17.9 Å². The SMILES string of the molecule is CC/C=C\C/C=C\C/C=C\C/C=C\C/C=C\CCCC(=O)OC[C@H](COC(=O)CCCCC/C=C\C/C=C\C/C=C\C/C=C\CCCCC)OC(=O)CCCCCCCCCCCCCCCCC. The second-order valence-electron chi connectivity index (χ2n) is 18.5. The van der Waals surface area contributed by atoms with Crippen LogP contribution in [0.1, 0.15) is 252 Å². The minimum absolute atomic E-state index is 0.112. The number of carbonyl (C=O) groups is 3. The average Bonchev–Trinajstić information content (AvgIpc) is 3.35. The zero-order valence-corrected chi connectivity index (χ0v) is 44.8. The van der Waals surface area contributed by atoms with Gasteiger partial charge in [-0.05, 0) is 103 Å². The molecule has 0 aromatic rings. The van der Waals surface area contributed by atoms with Crippen LogP contribution in [-0.2, 0) is 28.6 Å². The lowest BCUT2D eigenvalue weighted by Crippen LogP contribution is -2.30. The van der Waals surface area contributed by atoms with Crippen LogP contribution < -0.4 is 0 Å². The Balaban J connectivity index is 4.53. The Morgan fingerprint density at radius 2 is 0.580 bits per heavy atom. The zero-order valence-electron chi connectivity index (χ0n) is 44.8. The van der Waals surface area contributed by atoms with Crippen molar-refractivity contribution in [3.63, 3.8) is 0 Å². The first-order valence-electron chi connectivity index (χ1n) is 28.4. The van der Waals surface area contributed by atoms with Crippen LogP contribution in [0.25, 0.3) is 0 Å². The standard InChI is InChI=1S/C63H104O6/c1-4-7-10-13-16-19-22-25-28-30-31-33-36-38-41-44-47-50-53-56-62(65)68-59-60(69-63(66)57-54-51-48-45-42-39-34-27-24-21-18-15-12-9-6-3)58-67-61(64)55-52-49-46-43-40-37-35-32-29-26-23-20-17-14-11-8-5-2/h8,11,16-17,19-20,25-26,28-29,31,33,35,37-38,41,43,46,60H,4-7,9-10,12-15,18,21-24,27,30,32,34,36,39-40,42,44-45,47-59H2,1-3H3/b11-8-,19-16-,20-17-,28-25-,29-26-,33-31-,37-35-,41-38-,46-43-/t60-/m1/s1. The molecule has 0 heterocycles. The van der Waals surface area contributed by atoms with Crippen LogP contribution in [0.15, 0.2) is 109 Å². The van der Waals surface area contributed by atoms with Gasteiger partial charge >= 0.3 is 17.9 Å². The third-order valence-corrected chi connectivity index (χ3v) is 11.8. The van der Waals surface area contributed by atoms with E-state index in [9.17, 15) is 14.4 Å². The lowest BCUT2D eigenvalue weighted by Gasteiger charge is -2.18. The van der Waals surface area contributed by atoms with Gasteiger partial charge in [0.1, 0.15) is 13.2 Å². The molecule has 0 aliphatic heterocycles. The number of carbonyl (C=O) groups excluding carboxylic acids is 3. The van der Waals surface area contributed by atoms with Crippen molar-refractivity contribution in [3.8, 4) is 0 Å². The minimum atomic E-state index is -0.815. The van der Waals surface area contributed by atoms with Gasteiger partial charge in [0, 0.05) is 19.3 Å². The Kier molecular flexibility index (Phi) is 53.4. The normalized spacial score (nSPS) is 12.9. The van der Waals surface area contributed by atoms with E-state index in [1.165, 1.54) is 103 Å². The van der Waals surface area contributed by atoms with E-state index in [-0.39, 0.29) is 37.5 Å². The van der Waals surface area contributed by atoms with Gasteiger partial charge in [0.2, 0.25) is 0 Å². The molecule has 0 aliphatic carbocycles. The fourth-order valence-electron chi connectivity index (χ4n) is 7.52. The van der Waals surface area contributed by atoms with E-state index in [0.717, 1.165) is 103 Å². The van der Waals surface area contributed by atoms with Crippen molar-refractivity contribution in [1.82, 2.24) is 0 Å². The maximum atomic E-state index is 12.8. The first-order chi connectivity index (χ1) is 34.0. The predicted molar refractivity (Wildman–Crippen MR) is 297 cm³/mol. The zero-order chi connectivity index (χ0) is 50.0. The molecule has 0 aliphatic rings. The fourth-order valence-corrected chi connectivity index (χ4v) is 7.52. The van der Waals surface area contributed by atoms with E-state index in [1.807, 2.05) is 0 Å². The molecule has 0 fully saturated rings. The van der Waals surface area contributed by atoms with Crippen LogP contribution in [0, 0.1) is 0 Å². The summed E-state index contributed by atoms with van der Waals surface area (Å²) in [7, 11) is 0. The van der Waals surface area contributed by atoms with Gasteiger partial charge in [-0.1, -0.05) is 239 Å².